The number of aliphatic hydroxyl groups is 1. The summed E-state index contributed by atoms with van der Waals surface area (Å²) in [5.41, 5.74) is 4.47. The van der Waals surface area contributed by atoms with Crippen molar-refractivity contribution in [3.8, 4) is 34.4 Å². The van der Waals surface area contributed by atoms with Crippen molar-refractivity contribution in [2.24, 2.45) is 0 Å². The Bertz CT molecular complexity index is 1830. The van der Waals surface area contributed by atoms with Crippen LogP contribution in [-0.2, 0) is 29.2 Å². The second kappa shape index (κ2) is 14.3. The van der Waals surface area contributed by atoms with E-state index in [-0.39, 0.29) is 23.7 Å². The predicted molar refractivity (Wildman–Crippen MR) is 167 cm³/mol. The summed E-state index contributed by atoms with van der Waals surface area (Å²) in [5, 5.41) is 43.7. The molecule has 4 aromatic rings. The lowest BCUT2D eigenvalue weighted by molar-refractivity contribution is -0.140. The summed E-state index contributed by atoms with van der Waals surface area (Å²) >= 11 is 6.67. The number of nitrogens with zero attached hydrogens (tertiary/aromatic N) is 1. The second-order valence-corrected chi connectivity index (χ2v) is 11.0. The summed E-state index contributed by atoms with van der Waals surface area (Å²) < 4.78 is 27.3. The summed E-state index contributed by atoms with van der Waals surface area (Å²) in [6.45, 7) is -0.678. The fourth-order valence-corrected chi connectivity index (χ4v) is 5.66. The molecule has 0 spiro atoms. The van der Waals surface area contributed by atoms with Gasteiger partial charge in [-0.2, -0.15) is 5.26 Å². The van der Waals surface area contributed by atoms with Gasteiger partial charge in [-0.25, -0.2) is 4.39 Å². The van der Waals surface area contributed by atoms with Crippen LogP contribution in [0.15, 0.2) is 66.7 Å². The number of carboxylic acids is 1. The van der Waals surface area contributed by atoms with Crippen molar-refractivity contribution in [3.63, 3.8) is 0 Å². The predicted octanol–water partition coefficient (Wildman–Crippen LogP) is 5.47. The summed E-state index contributed by atoms with van der Waals surface area (Å²) in [7, 11) is 0. The molecule has 0 radical (unpaired) electrons. The van der Waals surface area contributed by atoms with Gasteiger partial charge < -0.3 is 30.1 Å². The van der Waals surface area contributed by atoms with E-state index in [2.05, 4.69) is 10.6 Å². The van der Waals surface area contributed by atoms with Crippen LogP contribution >= 0.6 is 11.6 Å². The number of carboxylic acid groups (broad SMARTS) is 1. The number of amides is 1. The number of hydrogen-bond acceptors (Lipinski definition) is 8. The van der Waals surface area contributed by atoms with Crippen molar-refractivity contribution in [1.29, 1.82) is 5.26 Å². The van der Waals surface area contributed by atoms with Gasteiger partial charge in [-0.15, -0.1) is 0 Å². The normalized spacial score (nSPS) is 14.2. The number of anilines is 1. The Labute approximate surface area is 268 Å². The smallest absolute Gasteiger partial charge is 0.323 e. The SMILES string of the molecule is N#Cc1cc(COc2cc(O[C@H]3CCc4c(-c5cccc(O)c5F)cccc43)c(Cl)cc2CN[C@@H](CO)C(=O)O)cc(NC=O)c1. The fraction of sp³-hybridized carbons (Fsp3) is 0.206. The van der Waals surface area contributed by atoms with Crippen LogP contribution < -0.4 is 20.1 Å². The van der Waals surface area contributed by atoms with Crippen molar-refractivity contribution in [1.82, 2.24) is 5.32 Å². The van der Waals surface area contributed by atoms with Gasteiger partial charge in [0.05, 0.1) is 23.3 Å². The quantitative estimate of drug-likeness (QED) is 0.119. The fourth-order valence-electron chi connectivity index (χ4n) is 5.43. The van der Waals surface area contributed by atoms with E-state index < -0.39 is 36.3 Å². The number of rotatable bonds is 13. The molecule has 0 fully saturated rings. The summed E-state index contributed by atoms with van der Waals surface area (Å²) in [6, 6.07) is 18.7. The minimum absolute atomic E-state index is 0.0197. The van der Waals surface area contributed by atoms with Crippen LogP contribution in [0.5, 0.6) is 17.2 Å². The molecule has 4 aromatic carbocycles. The number of carbonyl (C=O) groups is 2. The molecule has 236 valence electrons. The highest BCUT2D eigenvalue weighted by molar-refractivity contribution is 6.32. The van der Waals surface area contributed by atoms with Gasteiger partial charge in [0.15, 0.2) is 11.6 Å². The summed E-state index contributed by atoms with van der Waals surface area (Å²) in [6.07, 6.45) is 1.24. The zero-order valence-corrected chi connectivity index (χ0v) is 25.1. The average Bonchev–Trinajstić information content (AvgIpc) is 3.46. The Hall–Kier alpha value is -5.15. The number of nitrogens with one attached hydrogen (secondary N) is 2. The van der Waals surface area contributed by atoms with Crippen molar-refractivity contribution in [3.05, 3.63) is 105 Å². The molecule has 0 saturated heterocycles. The number of nitriles is 1. The molecule has 46 heavy (non-hydrogen) atoms. The third-order valence-corrected chi connectivity index (χ3v) is 7.93. The van der Waals surface area contributed by atoms with Crippen LogP contribution in [0.1, 0.15) is 40.3 Å². The summed E-state index contributed by atoms with van der Waals surface area (Å²) in [4.78, 5) is 22.4. The zero-order valence-electron chi connectivity index (χ0n) is 24.3. The number of hydrogen-bond donors (Lipinski definition) is 5. The van der Waals surface area contributed by atoms with Gasteiger partial charge in [-0.3, -0.25) is 14.9 Å². The maximum absolute atomic E-state index is 14.8. The number of fused-ring (bicyclic) bond motifs is 1. The van der Waals surface area contributed by atoms with Crippen molar-refractivity contribution < 1.29 is 38.8 Å². The Balaban J connectivity index is 1.45. The van der Waals surface area contributed by atoms with Crippen LogP contribution in [0.3, 0.4) is 0 Å². The molecule has 12 heteroatoms. The Kier molecular flexibility index (Phi) is 10.0. The van der Waals surface area contributed by atoms with E-state index in [0.717, 1.165) is 11.1 Å². The van der Waals surface area contributed by atoms with E-state index in [1.54, 1.807) is 48.5 Å². The molecule has 1 aliphatic carbocycles. The first kappa shape index (κ1) is 32.2. The molecule has 5 rings (SSSR count). The van der Waals surface area contributed by atoms with E-state index in [4.69, 9.17) is 21.1 Å². The van der Waals surface area contributed by atoms with Crippen LogP contribution in [-0.4, -0.2) is 40.3 Å². The summed E-state index contributed by atoms with van der Waals surface area (Å²) in [5.74, 6) is -1.77. The van der Waals surface area contributed by atoms with Gasteiger partial charge in [0.25, 0.3) is 0 Å². The molecular weight excluding hydrogens is 617 g/mol. The Morgan fingerprint density at radius 2 is 1.91 bits per heavy atom. The first-order valence-corrected chi connectivity index (χ1v) is 14.6. The third kappa shape index (κ3) is 7.05. The minimum atomic E-state index is -1.23. The highest BCUT2D eigenvalue weighted by atomic mass is 35.5. The number of aliphatic hydroxyl groups excluding tert-OH is 1. The Morgan fingerprint density at radius 3 is 2.65 bits per heavy atom. The van der Waals surface area contributed by atoms with Crippen molar-refractivity contribution in [2.75, 3.05) is 11.9 Å². The lowest BCUT2D eigenvalue weighted by Crippen LogP contribution is -2.39. The molecule has 0 aromatic heterocycles. The number of aromatic hydroxyl groups is 1. The van der Waals surface area contributed by atoms with Gasteiger partial charge in [-0.05, 0) is 65.4 Å². The third-order valence-electron chi connectivity index (χ3n) is 7.63. The van der Waals surface area contributed by atoms with Gasteiger partial charge >= 0.3 is 5.97 Å². The van der Waals surface area contributed by atoms with E-state index in [1.165, 1.54) is 12.1 Å². The van der Waals surface area contributed by atoms with Crippen LogP contribution in [0.4, 0.5) is 10.1 Å². The molecule has 0 unspecified atom stereocenters. The van der Waals surface area contributed by atoms with Gasteiger partial charge in [0, 0.05) is 29.4 Å². The number of halogens is 2. The molecule has 0 aliphatic heterocycles. The standard InChI is InChI=1S/C34H29ClFN3O7/c35-27-12-21(15-38-28(16-40)34(43)44)31(45-17-20-9-19(14-37)10-22(11-20)39-18-41)13-32(27)46-30-8-7-24-23(3-1-4-25(24)30)26-5-2-6-29(42)33(26)36/h1-6,9-13,18,28,30,38,40,42H,7-8,15-17H2,(H,39,41)(H,43,44)/t28-,30-/m0/s1. The molecule has 0 saturated carbocycles. The number of aliphatic carboxylic acids is 1. The second-order valence-electron chi connectivity index (χ2n) is 10.6. The molecule has 1 amide bonds. The number of phenols is 1. The lowest BCUT2D eigenvalue weighted by Gasteiger charge is -2.20. The lowest BCUT2D eigenvalue weighted by atomic mass is 9.96. The highest BCUT2D eigenvalue weighted by Crippen LogP contribution is 2.43. The average molecular weight is 646 g/mol. The molecule has 5 N–H and O–H groups in total. The van der Waals surface area contributed by atoms with Crippen molar-refractivity contribution >= 4 is 29.7 Å². The molecule has 2 atom stereocenters. The maximum Gasteiger partial charge on any atom is 0.323 e. The maximum atomic E-state index is 14.8. The topological polar surface area (TPSA) is 161 Å². The zero-order chi connectivity index (χ0) is 32.8. The molecule has 0 heterocycles. The first-order valence-electron chi connectivity index (χ1n) is 14.2. The van der Waals surface area contributed by atoms with Crippen LogP contribution in [0.2, 0.25) is 5.02 Å². The number of phenolic OH excluding ortho intramolecular Hbond substituents is 1. The van der Waals surface area contributed by atoms with Gasteiger partial charge in [0.2, 0.25) is 6.41 Å². The van der Waals surface area contributed by atoms with E-state index in [1.807, 2.05) is 12.1 Å². The molecule has 10 nitrogen and oxygen atoms in total. The monoisotopic (exact) mass is 645 g/mol. The largest absolute Gasteiger partial charge is 0.505 e. The number of ether oxygens (including phenoxy) is 2. The van der Waals surface area contributed by atoms with Crippen LogP contribution in [0, 0.1) is 17.1 Å². The highest BCUT2D eigenvalue weighted by Gasteiger charge is 2.29. The molecule has 1 aliphatic rings. The van der Waals surface area contributed by atoms with Gasteiger partial charge in [-0.1, -0.05) is 41.9 Å². The van der Waals surface area contributed by atoms with Crippen LogP contribution in [0.25, 0.3) is 11.1 Å². The van der Waals surface area contributed by atoms with E-state index in [9.17, 15) is 34.6 Å². The number of carbonyl (C=O) groups excluding carboxylic acids is 1. The number of benzene rings is 4. The Morgan fingerprint density at radius 1 is 1.13 bits per heavy atom. The molecular formula is C34H29ClFN3O7. The van der Waals surface area contributed by atoms with Gasteiger partial charge in [0.1, 0.15) is 30.3 Å². The van der Waals surface area contributed by atoms with E-state index >= 15 is 0 Å². The van der Waals surface area contributed by atoms with E-state index in [0.29, 0.717) is 58.7 Å². The minimum Gasteiger partial charge on any atom is -0.505 e. The van der Waals surface area contributed by atoms with Crippen molar-refractivity contribution in [2.45, 2.75) is 38.1 Å². The molecule has 0 bridgehead atoms. The first-order chi connectivity index (χ1) is 22.2.